The van der Waals surface area contributed by atoms with Gasteiger partial charge in [-0.1, -0.05) is 48.5 Å². The molecule has 1 saturated heterocycles. The molecule has 1 atom stereocenters. The highest BCUT2D eigenvalue weighted by atomic mass is 19.1. The lowest BCUT2D eigenvalue weighted by molar-refractivity contribution is 0.0811. The number of ketones is 1. The second-order valence-electron chi connectivity index (χ2n) is 7.36. The van der Waals surface area contributed by atoms with Gasteiger partial charge in [0.1, 0.15) is 5.82 Å². The smallest absolute Gasteiger partial charge is 0.167 e. The monoisotopic (exact) mass is 374 g/mol. The number of hydrogen-bond donors (Lipinski definition) is 0. The van der Waals surface area contributed by atoms with E-state index in [-0.39, 0.29) is 17.5 Å². The van der Waals surface area contributed by atoms with Crippen LogP contribution in [-0.2, 0) is 6.54 Å². The first-order valence-corrected chi connectivity index (χ1v) is 9.71. The van der Waals surface area contributed by atoms with E-state index < -0.39 is 0 Å². The summed E-state index contributed by atoms with van der Waals surface area (Å²) in [5.74, 6) is -0.401. The van der Waals surface area contributed by atoms with Crippen LogP contribution < -0.4 is 0 Å². The minimum absolute atomic E-state index is 0.0365. The number of aromatic nitrogens is 1. The number of piperidine rings is 1. The van der Waals surface area contributed by atoms with Gasteiger partial charge in [0.15, 0.2) is 5.78 Å². The lowest BCUT2D eigenvalue weighted by atomic mass is 9.89. The van der Waals surface area contributed by atoms with E-state index in [1.807, 2.05) is 42.6 Å². The Morgan fingerprint density at radius 3 is 2.71 bits per heavy atom. The second-order valence-corrected chi connectivity index (χ2v) is 7.36. The summed E-state index contributed by atoms with van der Waals surface area (Å²) in [4.78, 5) is 19.4. The first kappa shape index (κ1) is 18.5. The Balaban J connectivity index is 1.47. The molecule has 0 unspecified atom stereocenters. The topological polar surface area (TPSA) is 33.2 Å². The fourth-order valence-corrected chi connectivity index (χ4v) is 3.92. The molecule has 142 valence electrons. The molecule has 0 saturated carbocycles. The third-order valence-electron chi connectivity index (χ3n) is 5.34. The van der Waals surface area contributed by atoms with Crippen molar-refractivity contribution in [2.24, 2.45) is 5.92 Å². The lowest BCUT2D eigenvalue weighted by Crippen LogP contribution is -2.38. The zero-order chi connectivity index (χ0) is 19.3. The van der Waals surface area contributed by atoms with Crippen molar-refractivity contribution in [3.63, 3.8) is 0 Å². The zero-order valence-electron chi connectivity index (χ0n) is 15.7. The Bertz CT molecular complexity index is 943. The summed E-state index contributed by atoms with van der Waals surface area (Å²) in [6, 6.07) is 18.3. The average Bonchev–Trinajstić information content (AvgIpc) is 2.75. The molecule has 2 aromatic carbocycles. The third kappa shape index (κ3) is 4.18. The van der Waals surface area contributed by atoms with E-state index in [2.05, 4.69) is 16.0 Å². The fraction of sp³-hybridized carbons (Fsp3) is 0.250. The number of benzene rings is 2. The van der Waals surface area contributed by atoms with Crippen LogP contribution in [0.4, 0.5) is 4.39 Å². The van der Waals surface area contributed by atoms with Crippen molar-refractivity contribution in [2.75, 3.05) is 13.1 Å². The van der Waals surface area contributed by atoms with Crippen molar-refractivity contribution in [1.82, 2.24) is 9.88 Å². The molecule has 3 nitrogen and oxygen atoms in total. The van der Waals surface area contributed by atoms with E-state index in [9.17, 15) is 9.18 Å². The summed E-state index contributed by atoms with van der Waals surface area (Å²) >= 11 is 0. The van der Waals surface area contributed by atoms with E-state index in [1.54, 1.807) is 18.3 Å². The van der Waals surface area contributed by atoms with Gasteiger partial charge in [-0.25, -0.2) is 4.39 Å². The van der Waals surface area contributed by atoms with Crippen molar-refractivity contribution in [3.8, 4) is 11.1 Å². The molecule has 2 heterocycles. The molecule has 4 heteroatoms. The van der Waals surface area contributed by atoms with Gasteiger partial charge in [-0.15, -0.1) is 0 Å². The van der Waals surface area contributed by atoms with Crippen LogP contribution in [0.2, 0.25) is 0 Å². The Morgan fingerprint density at radius 2 is 1.96 bits per heavy atom. The van der Waals surface area contributed by atoms with Crippen LogP contribution in [0.5, 0.6) is 0 Å². The maximum Gasteiger partial charge on any atom is 0.167 e. The molecular formula is C24H23FN2O. The highest BCUT2D eigenvalue weighted by Gasteiger charge is 2.27. The fourth-order valence-electron chi connectivity index (χ4n) is 3.92. The van der Waals surface area contributed by atoms with Gasteiger partial charge in [0, 0.05) is 42.5 Å². The normalized spacial score (nSPS) is 17.4. The van der Waals surface area contributed by atoms with Crippen molar-refractivity contribution < 1.29 is 9.18 Å². The second kappa shape index (κ2) is 8.44. The molecule has 1 fully saturated rings. The number of Topliss-reactive ketones (excluding diaryl/α,β-unsaturated/α-hetero) is 1. The van der Waals surface area contributed by atoms with Gasteiger partial charge in [0.25, 0.3) is 0 Å². The summed E-state index contributed by atoms with van der Waals surface area (Å²) < 4.78 is 14.7. The van der Waals surface area contributed by atoms with Crippen LogP contribution >= 0.6 is 0 Å². The number of halogens is 1. The van der Waals surface area contributed by atoms with Crippen LogP contribution in [0.1, 0.15) is 28.8 Å². The van der Waals surface area contributed by atoms with Crippen LogP contribution in [-0.4, -0.2) is 28.8 Å². The Hall–Kier alpha value is -2.85. The molecule has 0 bridgehead atoms. The van der Waals surface area contributed by atoms with E-state index in [1.165, 1.54) is 6.07 Å². The Morgan fingerprint density at radius 1 is 1.11 bits per heavy atom. The minimum atomic E-state index is -0.347. The number of carbonyl (C=O) groups is 1. The summed E-state index contributed by atoms with van der Waals surface area (Å²) in [6.07, 6.45) is 5.45. The van der Waals surface area contributed by atoms with Crippen LogP contribution in [0.15, 0.2) is 73.1 Å². The molecule has 1 aromatic heterocycles. The Labute approximate surface area is 164 Å². The quantitative estimate of drug-likeness (QED) is 0.591. The van der Waals surface area contributed by atoms with Crippen molar-refractivity contribution in [3.05, 3.63) is 90.0 Å². The Kier molecular flexibility index (Phi) is 5.58. The summed E-state index contributed by atoms with van der Waals surface area (Å²) in [5, 5.41) is 0. The average molecular weight is 374 g/mol. The molecule has 0 spiro atoms. The number of hydrogen-bond acceptors (Lipinski definition) is 3. The van der Waals surface area contributed by atoms with Crippen LogP contribution in [0, 0.1) is 11.7 Å². The van der Waals surface area contributed by atoms with Crippen molar-refractivity contribution in [1.29, 1.82) is 0 Å². The van der Waals surface area contributed by atoms with E-state index >= 15 is 0 Å². The number of pyridine rings is 1. The zero-order valence-corrected chi connectivity index (χ0v) is 15.7. The largest absolute Gasteiger partial charge is 0.298 e. The van der Waals surface area contributed by atoms with Gasteiger partial charge >= 0.3 is 0 Å². The highest BCUT2D eigenvalue weighted by molar-refractivity contribution is 5.98. The first-order valence-electron chi connectivity index (χ1n) is 9.71. The molecule has 0 amide bonds. The van der Waals surface area contributed by atoms with Gasteiger partial charge in [-0.05, 0) is 42.6 Å². The van der Waals surface area contributed by atoms with Crippen LogP contribution in [0.3, 0.4) is 0 Å². The molecule has 0 aliphatic carbocycles. The van der Waals surface area contributed by atoms with E-state index in [0.29, 0.717) is 17.7 Å². The van der Waals surface area contributed by atoms with Gasteiger partial charge in [-0.3, -0.25) is 14.7 Å². The molecule has 3 aromatic rings. The summed E-state index contributed by atoms with van der Waals surface area (Å²) in [5.41, 5.74) is 2.96. The standard InChI is InChI=1S/C24H23FN2O/c25-23-14-20(10-11-22(23)19-7-2-1-3-8-19)24(28)21-9-5-13-27(17-21)16-18-6-4-12-26-15-18/h1-4,6-8,10-12,14-15,21H,5,9,13,16-17H2/t21-/m1/s1. The predicted octanol–water partition coefficient (Wildman–Crippen LogP) is 4.98. The summed E-state index contributed by atoms with van der Waals surface area (Å²) in [6.45, 7) is 2.47. The number of nitrogens with zero attached hydrogens (tertiary/aromatic N) is 2. The highest BCUT2D eigenvalue weighted by Crippen LogP contribution is 2.27. The lowest BCUT2D eigenvalue weighted by Gasteiger charge is -2.32. The molecule has 4 rings (SSSR count). The molecular weight excluding hydrogens is 351 g/mol. The summed E-state index contributed by atoms with van der Waals surface area (Å²) in [7, 11) is 0. The maximum absolute atomic E-state index is 14.7. The molecule has 0 radical (unpaired) electrons. The molecule has 0 N–H and O–H groups in total. The number of carbonyl (C=O) groups excluding carboxylic acids is 1. The molecule has 28 heavy (non-hydrogen) atoms. The molecule has 1 aliphatic rings. The van der Waals surface area contributed by atoms with Gasteiger partial charge in [0.05, 0.1) is 0 Å². The van der Waals surface area contributed by atoms with E-state index in [4.69, 9.17) is 0 Å². The minimum Gasteiger partial charge on any atom is -0.298 e. The predicted molar refractivity (Wildman–Crippen MR) is 108 cm³/mol. The van der Waals surface area contributed by atoms with Gasteiger partial charge < -0.3 is 0 Å². The number of rotatable bonds is 5. The first-order chi connectivity index (χ1) is 13.7. The maximum atomic E-state index is 14.7. The van der Waals surface area contributed by atoms with E-state index in [0.717, 1.165) is 37.1 Å². The third-order valence-corrected chi connectivity index (χ3v) is 5.34. The number of likely N-dealkylation sites (tertiary alicyclic amines) is 1. The SMILES string of the molecule is O=C(c1ccc(-c2ccccc2)c(F)c1)[C@@H]1CCCN(Cc2cccnc2)C1. The van der Waals surface area contributed by atoms with Crippen molar-refractivity contribution in [2.45, 2.75) is 19.4 Å². The van der Waals surface area contributed by atoms with Crippen molar-refractivity contribution >= 4 is 5.78 Å². The molecule has 1 aliphatic heterocycles. The van der Waals surface area contributed by atoms with Gasteiger partial charge in [0.2, 0.25) is 0 Å². The van der Waals surface area contributed by atoms with Gasteiger partial charge in [-0.2, -0.15) is 0 Å². The van der Waals surface area contributed by atoms with Crippen LogP contribution in [0.25, 0.3) is 11.1 Å².